The van der Waals surface area contributed by atoms with E-state index in [0.717, 1.165) is 6.07 Å². The maximum atomic E-state index is 12.8. The summed E-state index contributed by atoms with van der Waals surface area (Å²) < 4.78 is 50.9. The van der Waals surface area contributed by atoms with Gasteiger partial charge in [0.15, 0.2) is 9.84 Å². The monoisotopic (exact) mass is 452 g/mol. The van der Waals surface area contributed by atoms with Gasteiger partial charge < -0.3 is 10.4 Å². The van der Waals surface area contributed by atoms with Crippen LogP contribution in [0.2, 0.25) is 0 Å². The van der Waals surface area contributed by atoms with Crippen LogP contribution in [0.3, 0.4) is 0 Å². The molecule has 1 fully saturated rings. The third-order valence-electron chi connectivity index (χ3n) is 4.67. The van der Waals surface area contributed by atoms with Crippen molar-refractivity contribution in [3.05, 3.63) is 59.2 Å². The number of nitrogens with one attached hydrogen (secondary N) is 2. The molecule has 160 valence electrons. The van der Waals surface area contributed by atoms with Crippen molar-refractivity contribution in [1.29, 1.82) is 0 Å². The summed E-state index contributed by atoms with van der Waals surface area (Å²) in [7, 11) is -7.25. The first kappa shape index (κ1) is 21.8. The van der Waals surface area contributed by atoms with Gasteiger partial charge in [-0.25, -0.2) is 21.6 Å². The molecule has 0 bridgehead atoms. The van der Waals surface area contributed by atoms with Crippen LogP contribution in [-0.4, -0.2) is 51.4 Å². The number of carbonyl (C=O) groups excluding carboxylic acids is 1. The van der Waals surface area contributed by atoms with E-state index in [-0.39, 0.29) is 33.2 Å². The van der Waals surface area contributed by atoms with Crippen molar-refractivity contribution in [2.45, 2.75) is 24.3 Å². The Morgan fingerprint density at radius 1 is 1.10 bits per heavy atom. The van der Waals surface area contributed by atoms with Crippen molar-refractivity contribution in [3.8, 4) is 0 Å². The minimum Gasteiger partial charge on any atom is -0.478 e. The molecule has 1 atom stereocenters. The molecule has 1 heterocycles. The number of carbonyl (C=O) groups is 2. The number of carboxylic acids is 1. The van der Waals surface area contributed by atoms with Crippen LogP contribution in [0.5, 0.6) is 0 Å². The molecule has 0 unspecified atom stereocenters. The standard InChI is InChI=1S/C19H20N2O7S2/c1-12-5-6-14(19(23)24)10-17(12)30(27,28)21-15-4-2-3-13(9-15)18(22)20-16-7-8-29(25,26)11-16/h2-6,9-10,16,21H,7-8,11H2,1H3,(H,20,22)(H,23,24)/t16-/m1/s1. The smallest absolute Gasteiger partial charge is 0.335 e. The van der Waals surface area contributed by atoms with E-state index in [1.807, 2.05) is 0 Å². The van der Waals surface area contributed by atoms with Crippen LogP contribution in [0.1, 0.15) is 32.7 Å². The summed E-state index contributed by atoms with van der Waals surface area (Å²) >= 11 is 0. The van der Waals surface area contributed by atoms with Crippen LogP contribution in [0, 0.1) is 6.92 Å². The van der Waals surface area contributed by atoms with Gasteiger partial charge in [-0.15, -0.1) is 0 Å². The minimum absolute atomic E-state index is 0.0204. The van der Waals surface area contributed by atoms with Crippen molar-refractivity contribution in [3.63, 3.8) is 0 Å². The van der Waals surface area contributed by atoms with Crippen LogP contribution >= 0.6 is 0 Å². The average Bonchev–Trinajstić information content (AvgIpc) is 2.99. The number of aromatic carboxylic acids is 1. The molecule has 1 aliphatic heterocycles. The highest BCUT2D eigenvalue weighted by atomic mass is 32.2. The third kappa shape index (κ3) is 4.97. The number of sulfonamides is 1. The van der Waals surface area contributed by atoms with E-state index >= 15 is 0 Å². The van der Waals surface area contributed by atoms with Gasteiger partial charge in [0.2, 0.25) is 0 Å². The molecule has 0 aliphatic carbocycles. The Morgan fingerprint density at radius 2 is 1.83 bits per heavy atom. The van der Waals surface area contributed by atoms with Crippen molar-refractivity contribution in [1.82, 2.24) is 5.32 Å². The number of anilines is 1. The van der Waals surface area contributed by atoms with Gasteiger partial charge in [0.05, 0.1) is 22.0 Å². The topological polar surface area (TPSA) is 147 Å². The van der Waals surface area contributed by atoms with Crippen LogP contribution in [-0.2, 0) is 19.9 Å². The zero-order valence-corrected chi connectivity index (χ0v) is 17.6. The molecule has 2 aromatic carbocycles. The highest BCUT2D eigenvalue weighted by Gasteiger charge is 2.29. The number of hydrogen-bond donors (Lipinski definition) is 3. The Hall–Kier alpha value is -2.92. The van der Waals surface area contributed by atoms with Gasteiger partial charge in [-0.2, -0.15) is 0 Å². The fourth-order valence-corrected chi connectivity index (χ4v) is 6.13. The molecule has 0 saturated carbocycles. The first-order chi connectivity index (χ1) is 14.0. The van der Waals surface area contributed by atoms with Crippen LogP contribution < -0.4 is 10.0 Å². The summed E-state index contributed by atoms with van der Waals surface area (Å²) in [5.41, 5.74) is 0.474. The number of rotatable bonds is 6. The highest BCUT2D eigenvalue weighted by Crippen LogP contribution is 2.22. The molecule has 3 rings (SSSR count). The molecule has 1 amide bonds. The molecule has 9 nitrogen and oxygen atoms in total. The Labute approximate surface area is 174 Å². The summed E-state index contributed by atoms with van der Waals surface area (Å²) in [4.78, 5) is 23.4. The molecular weight excluding hydrogens is 432 g/mol. The number of benzene rings is 2. The SMILES string of the molecule is Cc1ccc(C(=O)O)cc1S(=O)(=O)Nc1cccc(C(=O)N[C@@H]2CCS(=O)(=O)C2)c1. The number of aryl methyl sites for hydroxylation is 1. The molecule has 3 N–H and O–H groups in total. The first-order valence-electron chi connectivity index (χ1n) is 8.95. The van der Waals surface area contributed by atoms with Gasteiger partial charge >= 0.3 is 5.97 Å². The van der Waals surface area contributed by atoms with Gasteiger partial charge in [0.25, 0.3) is 15.9 Å². The average molecular weight is 453 g/mol. The number of amides is 1. The Balaban J connectivity index is 1.80. The number of sulfone groups is 1. The van der Waals surface area contributed by atoms with E-state index in [1.54, 1.807) is 6.92 Å². The lowest BCUT2D eigenvalue weighted by atomic mass is 10.1. The summed E-state index contributed by atoms with van der Waals surface area (Å²) in [6.45, 7) is 1.54. The van der Waals surface area contributed by atoms with E-state index in [2.05, 4.69) is 10.0 Å². The van der Waals surface area contributed by atoms with Crippen LogP contribution in [0.15, 0.2) is 47.4 Å². The maximum Gasteiger partial charge on any atom is 0.335 e. The molecule has 2 aromatic rings. The zero-order chi connectivity index (χ0) is 22.1. The molecular formula is C19H20N2O7S2. The van der Waals surface area contributed by atoms with E-state index in [0.29, 0.717) is 12.0 Å². The lowest BCUT2D eigenvalue weighted by Gasteiger charge is -2.13. The summed E-state index contributed by atoms with van der Waals surface area (Å²) in [6, 6.07) is 9.03. The second kappa shape index (κ2) is 8.07. The molecule has 0 aromatic heterocycles. The maximum absolute atomic E-state index is 12.8. The summed E-state index contributed by atoms with van der Waals surface area (Å²) in [6.07, 6.45) is 0.333. The van der Waals surface area contributed by atoms with Crippen molar-refractivity contribution in [2.24, 2.45) is 0 Å². The lowest BCUT2D eigenvalue weighted by Crippen LogP contribution is -2.35. The largest absolute Gasteiger partial charge is 0.478 e. The van der Waals surface area contributed by atoms with E-state index in [9.17, 15) is 26.4 Å². The van der Waals surface area contributed by atoms with Gasteiger partial charge in [-0.05, 0) is 49.2 Å². The second-order valence-corrected chi connectivity index (χ2v) is 10.9. The minimum atomic E-state index is -4.10. The van der Waals surface area contributed by atoms with Gasteiger partial charge in [0, 0.05) is 17.3 Å². The quantitative estimate of drug-likeness (QED) is 0.600. The molecule has 30 heavy (non-hydrogen) atoms. The molecule has 1 aliphatic rings. The Kier molecular flexibility index (Phi) is 5.86. The van der Waals surface area contributed by atoms with Crippen molar-refractivity contribution in [2.75, 3.05) is 16.2 Å². The van der Waals surface area contributed by atoms with Gasteiger partial charge in [-0.3, -0.25) is 9.52 Å². The van der Waals surface area contributed by atoms with Crippen LogP contribution in [0.25, 0.3) is 0 Å². The predicted octanol–water partition coefficient (Wildman–Crippen LogP) is 1.41. The Bertz CT molecular complexity index is 1220. The van der Waals surface area contributed by atoms with Gasteiger partial charge in [0.1, 0.15) is 0 Å². The van der Waals surface area contributed by atoms with Crippen LogP contribution in [0.4, 0.5) is 5.69 Å². The molecule has 11 heteroatoms. The fourth-order valence-electron chi connectivity index (χ4n) is 3.13. The van der Waals surface area contributed by atoms with E-state index in [4.69, 9.17) is 5.11 Å². The van der Waals surface area contributed by atoms with Gasteiger partial charge in [-0.1, -0.05) is 12.1 Å². The number of carboxylic acid groups (broad SMARTS) is 1. The Morgan fingerprint density at radius 3 is 2.47 bits per heavy atom. The van der Waals surface area contributed by atoms with E-state index in [1.165, 1.54) is 36.4 Å². The fraction of sp³-hybridized carbons (Fsp3) is 0.263. The molecule has 0 radical (unpaired) electrons. The van der Waals surface area contributed by atoms with Crippen molar-refractivity contribution >= 4 is 37.4 Å². The highest BCUT2D eigenvalue weighted by molar-refractivity contribution is 7.92. The third-order valence-corrected chi connectivity index (χ3v) is 7.96. The summed E-state index contributed by atoms with van der Waals surface area (Å²) in [5, 5.41) is 11.7. The first-order valence-corrected chi connectivity index (χ1v) is 12.3. The zero-order valence-electron chi connectivity index (χ0n) is 16.0. The lowest BCUT2D eigenvalue weighted by molar-refractivity contribution is 0.0696. The second-order valence-electron chi connectivity index (χ2n) is 7.05. The van der Waals surface area contributed by atoms with E-state index < -0.39 is 37.8 Å². The normalized spacial score (nSPS) is 18.0. The molecule has 1 saturated heterocycles. The number of hydrogen-bond acceptors (Lipinski definition) is 6. The molecule has 0 spiro atoms. The predicted molar refractivity (Wildman–Crippen MR) is 110 cm³/mol. The summed E-state index contributed by atoms with van der Waals surface area (Å²) in [5.74, 6) is -1.86. The van der Waals surface area contributed by atoms with Crippen molar-refractivity contribution < 1.29 is 31.5 Å².